The maximum Gasteiger partial charge on any atom is 0.153 e. The molecule has 2 aromatic heterocycles. The van der Waals surface area contributed by atoms with Crippen LogP contribution in [0.5, 0.6) is 0 Å². The molecule has 0 fully saturated rings. The number of nitrogens with one attached hydrogen (secondary N) is 1. The monoisotopic (exact) mass is 342 g/mol. The lowest BCUT2D eigenvalue weighted by atomic mass is 10.2. The van der Waals surface area contributed by atoms with Gasteiger partial charge in [-0.15, -0.1) is 0 Å². The first-order valence-corrected chi connectivity index (χ1v) is 6.62. The highest BCUT2D eigenvalue weighted by Gasteiger charge is 2.01. The lowest BCUT2D eigenvalue weighted by Gasteiger charge is -2.08. The number of hydrogen-bond donors (Lipinski definition) is 1. The van der Waals surface area contributed by atoms with E-state index in [1.807, 2.05) is 24.7 Å². The molecule has 2 heterocycles. The van der Waals surface area contributed by atoms with E-state index in [1.54, 1.807) is 4.68 Å². The van der Waals surface area contributed by atoms with Crippen molar-refractivity contribution in [3.05, 3.63) is 39.9 Å². The van der Waals surface area contributed by atoms with Gasteiger partial charge in [0.1, 0.15) is 0 Å². The molecule has 0 saturated heterocycles. The molecule has 0 unspecified atom stereocenters. The Balaban J connectivity index is 2.07. The van der Waals surface area contributed by atoms with Crippen molar-refractivity contribution in [1.29, 1.82) is 0 Å². The van der Waals surface area contributed by atoms with E-state index >= 15 is 0 Å². The zero-order chi connectivity index (χ0) is 12.3. The third-order valence-electron chi connectivity index (χ3n) is 2.31. The van der Waals surface area contributed by atoms with Crippen LogP contribution in [0.15, 0.2) is 30.7 Å². The molecule has 0 atom stereocenters. The van der Waals surface area contributed by atoms with Crippen molar-refractivity contribution >= 4 is 22.6 Å². The average Bonchev–Trinajstić information content (AvgIpc) is 2.74. The van der Waals surface area contributed by atoms with Crippen LogP contribution in [-0.4, -0.2) is 20.8 Å². The Bertz CT molecular complexity index is 476. The van der Waals surface area contributed by atoms with Crippen molar-refractivity contribution in [1.82, 2.24) is 20.1 Å². The standard InChI is InChI=1S/C12H15IN4/c1-9(2)14-5-10-3-4-12(15-6-10)17-8-11(13)7-16-17/h3-4,6-9,14H,5H2,1-2H3. The highest BCUT2D eigenvalue weighted by atomic mass is 127. The van der Waals surface area contributed by atoms with Crippen molar-refractivity contribution < 1.29 is 0 Å². The lowest BCUT2D eigenvalue weighted by molar-refractivity contribution is 0.587. The molecule has 0 aliphatic rings. The fourth-order valence-corrected chi connectivity index (χ4v) is 1.79. The third-order valence-corrected chi connectivity index (χ3v) is 2.87. The van der Waals surface area contributed by atoms with Crippen molar-refractivity contribution in [3.8, 4) is 5.82 Å². The fourth-order valence-electron chi connectivity index (χ4n) is 1.40. The second-order valence-electron chi connectivity index (χ2n) is 4.16. The van der Waals surface area contributed by atoms with Crippen molar-refractivity contribution in [2.45, 2.75) is 26.4 Å². The molecule has 0 spiro atoms. The first-order valence-electron chi connectivity index (χ1n) is 5.54. The maximum atomic E-state index is 4.40. The zero-order valence-corrected chi connectivity index (χ0v) is 12.0. The van der Waals surface area contributed by atoms with E-state index in [0.717, 1.165) is 15.9 Å². The number of pyridine rings is 1. The first kappa shape index (κ1) is 12.5. The SMILES string of the molecule is CC(C)NCc1ccc(-n2cc(I)cn2)nc1. The normalized spacial score (nSPS) is 11.1. The van der Waals surface area contributed by atoms with Gasteiger partial charge in [0.15, 0.2) is 5.82 Å². The summed E-state index contributed by atoms with van der Waals surface area (Å²) in [6, 6.07) is 4.55. The van der Waals surface area contributed by atoms with Gasteiger partial charge >= 0.3 is 0 Å². The highest BCUT2D eigenvalue weighted by Crippen LogP contribution is 2.08. The van der Waals surface area contributed by atoms with Gasteiger partial charge < -0.3 is 5.32 Å². The molecular formula is C12H15IN4. The van der Waals surface area contributed by atoms with Crippen LogP contribution in [0.25, 0.3) is 5.82 Å². The van der Waals surface area contributed by atoms with Gasteiger partial charge in [0.2, 0.25) is 0 Å². The van der Waals surface area contributed by atoms with Gasteiger partial charge in [0.05, 0.1) is 9.77 Å². The Kier molecular flexibility index (Phi) is 4.11. The van der Waals surface area contributed by atoms with Crippen LogP contribution in [0, 0.1) is 3.57 Å². The second kappa shape index (κ2) is 5.59. The van der Waals surface area contributed by atoms with Crippen LogP contribution in [0.2, 0.25) is 0 Å². The molecule has 0 aliphatic heterocycles. The van der Waals surface area contributed by atoms with Gasteiger partial charge in [-0.05, 0) is 34.2 Å². The molecule has 90 valence electrons. The Morgan fingerprint density at radius 3 is 2.71 bits per heavy atom. The van der Waals surface area contributed by atoms with Gasteiger partial charge in [-0.2, -0.15) is 5.10 Å². The van der Waals surface area contributed by atoms with E-state index in [1.165, 1.54) is 5.56 Å². The predicted octanol–water partition coefficient (Wildman–Crippen LogP) is 2.37. The molecule has 17 heavy (non-hydrogen) atoms. The first-order chi connectivity index (χ1) is 8.15. The van der Waals surface area contributed by atoms with E-state index in [9.17, 15) is 0 Å². The molecule has 0 amide bonds. The summed E-state index contributed by atoms with van der Waals surface area (Å²) in [6.45, 7) is 5.11. The summed E-state index contributed by atoms with van der Waals surface area (Å²) in [4.78, 5) is 4.40. The topological polar surface area (TPSA) is 42.7 Å². The van der Waals surface area contributed by atoms with Gasteiger partial charge in [-0.1, -0.05) is 19.9 Å². The third kappa shape index (κ3) is 3.50. The summed E-state index contributed by atoms with van der Waals surface area (Å²) in [5.41, 5.74) is 1.18. The Hall–Kier alpha value is -0.950. The predicted molar refractivity (Wildman–Crippen MR) is 76.1 cm³/mol. The van der Waals surface area contributed by atoms with Crippen LogP contribution in [-0.2, 0) is 6.54 Å². The molecule has 2 aromatic rings. The lowest BCUT2D eigenvalue weighted by Crippen LogP contribution is -2.21. The molecule has 0 aromatic carbocycles. The quantitative estimate of drug-likeness (QED) is 0.868. The largest absolute Gasteiger partial charge is 0.310 e. The second-order valence-corrected chi connectivity index (χ2v) is 5.41. The van der Waals surface area contributed by atoms with E-state index in [-0.39, 0.29) is 0 Å². The molecule has 0 bridgehead atoms. The Morgan fingerprint density at radius 2 is 2.18 bits per heavy atom. The van der Waals surface area contributed by atoms with Crippen LogP contribution in [0.3, 0.4) is 0 Å². The minimum atomic E-state index is 0.488. The average molecular weight is 342 g/mol. The number of nitrogens with zero attached hydrogens (tertiary/aromatic N) is 3. The summed E-state index contributed by atoms with van der Waals surface area (Å²) in [7, 11) is 0. The van der Waals surface area contributed by atoms with Crippen LogP contribution >= 0.6 is 22.6 Å². The van der Waals surface area contributed by atoms with Crippen LogP contribution in [0.1, 0.15) is 19.4 Å². The molecule has 0 saturated carbocycles. The van der Waals surface area contributed by atoms with Gasteiger partial charge in [0.25, 0.3) is 0 Å². The number of aromatic nitrogens is 3. The molecular weight excluding hydrogens is 327 g/mol. The fraction of sp³-hybridized carbons (Fsp3) is 0.333. The molecule has 5 heteroatoms. The van der Waals surface area contributed by atoms with Crippen LogP contribution in [0.4, 0.5) is 0 Å². The van der Waals surface area contributed by atoms with E-state index in [2.05, 4.69) is 57.9 Å². The number of halogens is 1. The van der Waals surface area contributed by atoms with Gasteiger partial charge in [0, 0.05) is 25.0 Å². The van der Waals surface area contributed by atoms with Crippen molar-refractivity contribution in [2.75, 3.05) is 0 Å². The molecule has 0 radical (unpaired) electrons. The Morgan fingerprint density at radius 1 is 1.35 bits per heavy atom. The van der Waals surface area contributed by atoms with Gasteiger partial charge in [-0.25, -0.2) is 9.67 Å². The smallest absolute Gasteiger partial charge is 0.153 e. The van der Waals surface area contributed by atoms with Crippen LogP contribution < -0.4 is 5.32 Å². The summed E-state index contributed by atoms with van der Waals surface area (Å²) in [6.07, 6.45) is 5.66. The highest BCUT2D eigenvalue weighted by molar-refractivity contribution is 14.1. The number of hydrogen-bond acceptors (Lipinski definition) is 3. The molecule has 0 aliphatic carbocycles. The summed E-state index contributed by atoms with van der Waals surface area (Å²) < 4.78 is 2.89. The van der Waals surface area contributed by atoms with Gasteiger partial charge in [-0.3, -0.25) is 0 Å². The summed E-state index contributed by atoms with van der Waals surface area (Å²) in [5.74, 6) is 0.848. The molecule has 2 rings (SSSR count). The van der Waals surface area contributed by atoms with E-state index in [0.29, 0.717) is 6.04 Å². The van der Waals surface area contributed by atoms with E-state index in [4.69, 9.17) is 0 Å². The minimum Gasteiger partial charge on any atom is -0.310 e. The van der Waals surface area contributed by atoms with Crippen molar-refractivity contribution in [2.24, 2.45) is 0 Å². The number of rotatable bonds is 4. The summed E-state index contributed by atoms with van der Waals surface area (Å²) in [5, 5.41) is 7.58. The Labute approximate surface area is 115 Å². The minimum absolute atomic E-state index is 0.488. The molecule has 1 N–H and O–H groups in total. The summed E-state index contributed by atoms with van der Waals surface area (Å²) >= 11 is 2.23. The molecule has 4 nitrogen and oxygen atoms in total. The maximum absolute atomic E-state index is 4.40. The van der Waals surface area contributed by atoms with E-state index < -0.39 is 0 Å². The zero-order valence-electron chi connectivity index (χ0n) is 9.89. The van der Waals surface area contributed by atoms with Crippen molar-refractivity contribution in [3.63, 3.8) is 0 Å².